The summed E-state index contributed by atoms with van der Waals surface area (Å²) < 4.78 is 11.7. The van der Waals surface area contributed by atoms with Crippen molar-refractivity contribution in [2.24, 2.45) is 5.92 Å². The number of hydrogen-bond acceptors (Lipinski definition) is 6. The van der Waals surface area contributed by atoms with Crippen molar-refractivity contribution in [2.75, 3.05) is 44.8 Å². The predicted octanol–water partition coefficient (Wildman–Crippen LogP) is 1.55. The van der Waals surface area contributed by atoms with E-state index in [1.54, 1.807) is 12.4 Å². The molecule has 4 heterocycles. The molecule has 2 atom stereocenters. The van der Waals surface area contributed by atoms with Gasteiger partial charge in [0.2, 0.25) is 5.95 Å². The molecule has 0 radical (unpaired) electrons. The Morgan fingerprint density at radius 3 is 2.91 bits per heavy atom. The minimum absolute atomic E-state index is 0.0393. The highest BCUT2D eigenvalue weighted by atomic mass is 16.5. The maximum Gasteiger partial charge on any atom is 0.222 e. The number of aromatic nitrogens is 2. The summed E-state index contributed by atoms with van der Waals surface area (Å²) in [6, 6.07) is 2.16. The van der Waals surface area contributed by atoms with Crippen molar-refractivity contribution in [3.63, 3.8) is 0 Å². The van der Waals surface area contributed by atoms with Gasteiger partial charge in [-0.05, 0) is 31.2 Å². The van der Waals surface area contributed by atoms with Gasteiger partial charge in [0.25, 0.3) is 0 Å². The van der Waals surface area contributed by atoms with Gasteiger partial charge in [0.05, 0.1) is 18.2 Å². The van der Waals surface area contributed by atoms with E-state index in [1.165, 1.54) is 19.4 Å². The molecule has 3 fully saturated rings. The van der Waals surface area contributed by atoms with Crippen LogP contribution in [0.4, 0.5) is 5.95 Å². The van der Waals surface area contributed by atoms with Gasteiger partial charge in [-0.25, -0.2) is 9.97 Å². The van der Waals surface area contributed by atoms with Crippen molar-refractivity contribution < 1.29 is 9.47 Å². The lowest BCUT2D eigenvalue weighted by Gasteiger charge is -2.28. The van der Waals surface area contributed by atoms with Crippen LogP contribution in [0.25, 0.3) is 0 Å². The molecule has 1 spiro atoms. The first-order chi connectivity index (χ1) is 11.3. The van der Waals surface area contributed by atoms with E-state index in [4.69, 9.17) is 9.47 Å². The molecule has 0 saturated carbocycles. The topological polar surface area (TPSA) is 59.5 Å². The van der Waals surface area contributed by atoms with Gasteiger partial charge in [0.15, 0.2) is 0 Å². The molecule has 126 valence electrons. The third-order valence-electron chi connectivity index (χ3n) is 5.36. The van der Waals surface area contributed by atoms with Crippen LogP contribution in [-0.4, -0.2) is 66.0 Å². The molecule has 1 N–H and O–H groups in total. The Kier molecular flexibility index (Phi) is 4.46. The number of nitrogens with one attached hydrogen (secondary N) is 1. The molecule has 3 saturated heterocycles. The Morgan fingerprint density at radius 2 is 2.09 bits per heavy atom. The van der Waals surface area contributed by atoms with Crippen LogP contribution >= 0.6 is 0 Å². The van der Waals surface area contributed by atoms with Gasteiger partial charge in [-0.15, -0.1) is 0 Å². The molecule has 0 aromatic carbocycles. The molecule has 0 unspecified atom stereocenters. The second kappa shape index (κ2) is 6.71. The fourth-order valence-electron chi connectivity index (χ4n) is 4.16. The highest BCUT2D eigenvalue weighted by Crippen LogP contribution is 2.36. The molecule has 0 aliphatic carbocycles. The van der Waals surface area contributed by atoms with Crippen molar-refractivity contribution >= 4 is 5.95 Å². The van der Waals surface area contributed by atoms with Gasteiger partial charge < -0.3 is 19.7 Å². The molecule has 23 heavy (non-hydrogen) atoms. The third kappa shape index (κ3) is 3.65. The van der Waals surface area contributed by atoms with E-state index in [0.717, 1.165) is 51.7 Å². The molecule has 6 heteroatoms. The fraction of sp³-hybridized carbons (Fsp3) is 0.765. The van der Waals surface area contributed by atoms with Crippen LogP contribution in [0.5, 0.6) is 0 Å². The van der Waals surface area contributed by atoms with Crippen molar-refractivity contribution in [2.45, 2.75) is 37.3 Å². The summed E-state index contributed by atoms with van der Waals surface area (Å²) >= 11 is 0. The lowest BCUT2D eigenvalue weighted by Crippen LogP contribution is -2.36. The molecular weight excluding hydrogens is 292 g/mol. The number of likely N-dealkylation sites (tertiary alicyclic amines) is 1. The normalized spacial score (nSPS) is 32.6. The molecule has 1 aromatic heterocycles. The maximum atomic E-state index is 6.22. The largest absolute Gasteiger partial charge is 0.381 e. The standard InChI is InChI=1S/C17H26N4O2/c1-5-18-16(19-6-1)20-15-10-17(23-12-15)4-7-21(13-17)11-14-2-8-22-9-3-14/h1,5-6,14-15H,2-4,7-13H2,(H,18,19,20)/t15-,17-/m1/s1. The van der Waals surface area contributed by atoms with E-state index in [1.807, 2.05) is 6.07 Å². The van der Waals surface area contributed by atoms with E-state index in [9.17, 15) is 0 Å². The SMILES string of the molecule is c1cnc(N[C@H]2CO[C@]3(CCN(CC4CCOCC4)C3)C2)nc1. The molecule has 3 aliphatic rings. The molecule has 1 aromatic rings. The Labute approximate surface area is 137 Å². The Hall–Kier alpha value is -1.24. The summed E-state index contributed by atoms with van der Waals surface area (Å²) in [5, 5.41) is 3.41. The second-order valence-electron chi connectivity index (χ2n) is 7.15. The lowest BCUT2D eigenvalue weighted by molar-refractivity contribution is 0.00796. The van der Waals surface area contributed by atoms with Gasteiger partial charge >= 0.3 is 0 Å². The summed E-state index contributed by atoms with van der Waals surface area (Å²) in [7, 11) is 0. The second-order valence-corrected chi connectivity index (χ2v) is 7.15. The van der Waals surface area contributed by atoms with Gasteiger partial charge in [-0.1, -0.05) is 0 Å². The Bertz CT molecular complexity index is 509. The monoisotopic (exact) mass is 318 g/mol. The first-order valence-corrected chi connectivity index (χ1v) is 8.79. The number of ether oxygens (including phenoxy) is 2. The summed E-state index contributed by atoms with van der Waals surface area (Å²) in [5.41, 5.74) is 0.0393. The first kappa shape index (κ1) is 15.3. The highest BCUT2D eigenvalue weighted by Gasteiger charge is 2.45. The molecule has 3 aliphatic heterocycles. The predicted molar refractivity (Wildman–Crippen MR) is 87.3 cm³/mol. The van der Waals surface area contributed by atoms with E-state index < -0.39 is 0 Å². The van der Waals surface area contributed by atoms with Gasteiger partial charge in [0, 0.05) is 51.7 Å². The average molecular weight is 318 g/mol. The minimum Gasteiger partial charge on any atom is -0.381 e. The molecule has 4 rings (SSSR count). The Balaban J connectivity index is 1.28. The summed E-state index contributed by atoms with van der Waals surface area (Å²) in [4.78, 5) is 11.1. The molecule has 0 bridgehead atoms. The van der Waals surface area contributed by atoms with Crippen LogP contribution in [0.1, 0.15) is 25.7 Å². The quantitative estimate of drug-likeness (QED) is 0.909. The van der Waals surface area contributed by atoms with Gasteiger partial charge in [0.1, 0.15) is 0 Å². The van der Waals surface area contributed by atoms with E-state index in [-0.39, 0.29) is 5.60 Å². The summed E-state index contributed by atoms with van der Waals surface area (Å²) in [6.45, 7) is 6.05. The maximum absolute atomic E-state index is 6.22. The zero-order valence-corrected chi connectivity index (χ0v) is 13.6. The van der Waals surface area contributed by atoms with Crippen molar-refractivity contribution in [1.82, 2.24) is 14.9 Å². The van der Waals surface area contributed by atoms with Crippen LogP contribution < -0.4 is 5.32 Å². The van der Waals surface area contributed by atoms with Crippen LogP contribution in [0.3, 0.4) is 0 Å². The van der Waals surface area contributed by atoms with Gasteiger partial charge in [-0.3, -0.25) is 0 Å². The number of hydrogen-bond donors (Lipinski definition) is 1. The van der Waals surface area contributed by atoms with E-state index in [0.29, 0.717) is 12.0 Å². The smallest absolute Gasteiger partial charge is 0.222 e. The van der Waals surface area contributed by atoms with Crippen molar-refractivity contribution in [3.05, 3.63) is 18.5 Å². The molecular formula is C17H26N4O2. The first-order valence-electron chi connectivity index (χ1n) is 8.79. The Morgan fingerprint density at radius 1 is 1.26 bits per heavy atom. The molecule has 0 amide bonds. The van der Waals surface area contributed by atoms with Crippen LogP contribution in [-0.2, 0) is 9.47 Å². The number of nitrogens with zero attached hydrogens (tertiary/aromatic N) is 3. The van der Waals surface area contributed by atoms with E-state index in [2.05, 4.69) is 20.2 Å². The number of rotatable bonds is 4. The van der Waals surface area contributed by atoms with Crippen LogP contribution in [0.2, 0.25) is 0 Å². The number of anilines is 1. The van der Waals surface area contributed by atoms with E-state index >= 15 is 0 Å². The highest BCUT2D eigenvalue weighted by molar-refractivity contribution is 5.25. The minimum atomic E-state index is 0.0393. The lowest BCUT2D eigenvalue weighted by atomic mass is 9.97. The third-order valence-corrected chi connectivity index (χ3v) is 5.36. The summed E-state index contributed by atoms with van der Waals surface area (Å²) in [6.07, 6.45) is 8.15. The van der Waals surface area contributed by atoms with Gasteiger partial charge in [-0.2, -0.15) is 0 Å². The molecule has 6 nitrogen and oxygen atoms in total. The fourth-order valence-corrected chi connectivity index (χ4v) is 4.16. The zero-order chi connectivity index (χ0) is 15.5. The van der Waals surface area contributed by atoms with Crippen LogP contribution in [0.15, 0.2) is 18.5 Å². The van der Waals surface area contributed by atoms with Crippen LogP contribution in [0, 0.1) is 5.92 Å². The zero-order valence-electron chi connectivity index (χ0n) is 13.6. The van der Waals surface area contributed by atoms with Crippen molar-refractivity contribution in [1.29, 1.82) is 0 Å². The van der Waals surface area contributed by atoms with Crippen molar-refractivity contribution in [3.8, 4) is 0 Å². The summed E-state index contributed by atoms with van der Waals surface area (Å²) in [5.74, 6) is 1.50. The average Bonchev–Trinajstić information content (AvgIpc) is 3.16.